The molecule has 1 aliphatic heterocycles. The lowest BCUT2D eigenvalue weighted by atomic mass is 10.1. The van der Waals surface area contributed by atoms with Crippen LogP contribution < -0.4 is 20.3 Å². The molecule has 32 heavy (non-hydrogen) atoms. The Morgan fingerprint density at radius 3 is 2.28 bits per heavy atom. The number of hydrogen-bond acceptors (Lipinski definition) is 5. The molecule has 1 saturated heterocycles. The molecular weight excluding hydrogens is 492 g/mol. The summed E-state index contributed by atoms with van der Waals surface area (Å²) in [5, 5.41) is 5.94. The van der Waals surface area contributed by atoms with Crippen molar-refractivity contribution in [2.45, 2.75) is 13.8 Å². The summed E-state index contributed by atoms with van der Waals surface area (Å²) >= 11 is 8.66. The van der Waals surface area contributed by atoms with E-state index in [1.807, 2.05) is 43.0 Å². The standard InChI is InChI=1S/C23H27BrN4O3S/c1-15(2)22(30)28-12-10-27(11-13-28)18-7-5-17(6-8-18)25-23(32)26-21(29)16-4-9-20(31-3)19(24)14-16/h4-9,14-15H,10-13H2,1-3H3,(H2,25,26,29,32). The van der Waals surface area contributed by atoms with Crippen molar-refractivity contribution in [1.82, 2.24) is 10.2 Å². The Hall–Kier alpha value is -2.65. The zero-order chi connectivity index (χ0) is 23.3. The molecule has 0 saturated carbocycles. The first-order valence-electron chi connectivity index (χ1n) is 10.4. The average molecular weight is 519 g/mol. The van der Waals surface area contributed by atoms with Gasteiger partial charge in [0.05, 0.1) is 11.6 Å². The predicted molar refractivity (Wildman–Crippen MR) is 134 cm³/mol. The van der Waals surface area contributed by atoms with Gasteiger partial charge in [-0.05, 0) is 70.6 Å². The Morgan fingerprint density at radius 1 is 1.06 bits per heavy atom. The summed E-state index contributed by atoms with van der Waals surface area (Å²) in [7, 11) is 1.57. The van der Waals surface area contributed by atoms with E-state index in [4.69, 9.17) is 17.0 Å². The van der Waals surface area contributed by atoms with Crippen LogP contribution in [0, 0.1) is 5.92 Å². The van der Waals surface area contributed by atoms with Gasteiger partial charge in [-0.1, -0.05) is 13.8 Å². The van der Waals surface area contributed by atoms with Crippen LogP contribution in [0.25, 0.3) is 0 Å². The second kappa shape index (κ2) is 10.8. The quantitative estimate of drug-likeness (QED) is 0.585. The SMILES string of the molecule is COc1ccc(C(=O)NC(=S)Nc2ccc(N3CCN(C(=O)C(C)C)CC3)cc2)cc1Br. The number of anilines is 2. The van der Waals surface area contributed by atoms with Crippen molar-refractivity contribution in [1.29, 1.82) is 0 Å². The Bertz CT molecular complexity index is 989. The third kappa shape index (κ3) is 5.98. The van der Waals surface area contributed by atoms with Crippen LogP contribution in [0.1, 0.15) is 24.2 Å². The summed E-state index contributed by atoms with van der Waals surface area (Å²) in [6, 6.07) is 12.9. The molecule has 0 radical (unpaired) electrons. The van der Waals surface area contributed by atoms with Crippen molar-refractivity contribution >= 4 is 56.4 Å². The summed E-state index contributed by atoms with van der Waals surface area (Å²) in [6.07, 6.45) is 0. The van der Waals surface area contributed by atoms with E-state index in [1.165, 1.54) is 0 Å². The summed E-state index contributed by atoms with van der Waals surface area (Å²) in [4.78, 5) is 28.8. The lowest BCUT2D eigenvalue weighted by Crippen LogP contribution is -2.49. The number of benzene rings is 2. The van der Waals surface area contributed by atoms with Gasteiger partial charge >= 0.3 is 0 Å². The second-order valence-electron chi connectivity index (χ2n) is 7.77. The van der Waals surface area contributed by atoms with Gasteiger partial charge in [0.25, 0.3) is 5.91 Å². The zero-order valence-electron chi connectivity index (χ0n) is 18.4. The Labute approximate surface area is 202 Å². The van der Waals surface area contributed by atoms with Crippen LogP contribution in [0.2, 0.25) is 0 Å². The maximum absolute atomic E-state index is 12.4. The van der Waals surface area contributed by atoms with Crippen LogP contribution in [0.3, 0.4) is 0 Å². The third-order valence-corrected chi connectivity index (χ3v) is 6.04. The van der Waals surface area contributed by atoms with Crippen molar-refractivity contribution in [2.24, 2.45) is 5.92 Å². The molecule has 3 rings (SSSR count). The number of nitrogens with zero attached hydrogens (tertiary/aromatic N) is 2. The number of amides is 2. The number of halogens is 1. The van der Waals surface area contributed by atoms with Gasteiger partial charge in [0.2, 0.25) is 5.91 Å². The molecule has 0 aliphatic carbocycles. The Morgan fingerprint density at radius 2 is 1.72 bits per heavy atom. The average Bonchev–Trinajstić information content (AvgIpc) is 2.79. The molecule has 0 unspecified atom stereocenters. The number of ether oxygens (including phenoxy) is 1. The molecule has 0 aromatic heterocycles. The minimum atomic E-state index is -0.309. The topological polar surface area (TPSA) is 73.9 Å². The first-order chi connectivity index (χ1) is 15.3. The molecule has 2 aromatic rings. The highest BCUT2D eigenvalue weighted by Crippen LogP contribution is 2.25. The van der Waals surface area contributed by atoms with Gasteiger partial charge < -0.3 is 19.9 Å². The van der Waals surface area contributed by atoms with Gasteiger partial charge in [-0.3, -0.25) is 14.9 Å². The van der Waals surface area contributed by atoms with Crippen molar-refractivity contribution in [2.75, 3.05) is 43.5 Å². The largest absolute Gasteiger partial charge is 0.496 e. The number of carbonyl (C=O) groups excluding carboxylic acids is 2. The highest BCUT2D eigenvalue weighted by Gasteiger charge is 2.22. The number of nitrogens with one attached hydrogen (secondary N) is 2. The van der Waals surface area contributed by atoms with E-state index in [0.717, 1.165) is 37.6 Å². The molecule has 0 atom stereocenters. The lowest BCUT2D eigenvalue weighted by Gasteiger charge is -2.37. The zero-order valence-corrected chi connectivity index (χ0v) is 20.8. The summed E-state index contributed by atoms with van der Waals surface area (Å²) in [5.74, 6) is 0.579. The molecule has 170 valence electrons. The minimum absolute atomic E-state index is 0.0301. The molecule has 1 heterocycles. The fourth-order valence-corrected chi connectivity index (χ4v) is 4.20. The van der Waals surface area contributed by atoms with E-state index in [2.05, 4.69) is 31.5 Å². The van der Waals surface area contributed by atoms with E-state index in [9.17, 15) is 9.59 Å². The molecule has 2 N–H and O–H groups in total. The molecule has 2 amide bonds. The second-order valence-corrected chi connectivity index (χ2v) is 9.03. The molecule has 9 heteroatoms. The highest BCUT2D eigenvalue weighted by molar-refractivity contribution is 9.10. The van der Waals surface area contributed by atoms with Gasteiger partial charge in [0, 0.05) is 49.0 Å². The molecule has 0 bridgehead atoms. The van der Waals surface area contributed by atoms with Crippen LogP contribution in [0.5, 0.6) is 5.75 Å². The van der Waals surface area contributed by atoms with Crippen molar-refractivity contribution in [3.05, 3.63) is 52.5 Å². The van der Waals surface area contributed by atoms with Crippen LogP contribution in [-0.2, 0) is 4.79 Å². The van der Waals surface area contributed by atoms with Crippen molar-refractivity contribution in [3.8, 4) is 5.75 Å². The number of thiocarbonyl (C=S) groups is 1. The van der Waals surface area contributed by atoms with Gasteiger partial charge in [0.1, 0.15) is 5.75 Å². The van der Waals surface area contributed by atoms with Gasteiger partial charge in [0.15, 0.2) is 5.11 Å². The van der Waals surface area contributed by atoms with E-state index in [0.29, 0.717) is 15.8 Å². The van der Waals surface area contributed by atoms with E-state index in [1.54, 1.807) is 25.3 Å². The van der Waals surface area contributed by atoms with Crippen molar-refractivity contribution < 1.29 is 14.3 Å². The maximum Gasteiger partial charge on any atom is 0.257 e. The molecule has 7 nitrogen and oxygen atoms in total. The van der Waals surface area contributed by atoms with Crippen LogP contribution >= 0.6 is 28.1 Å². The fraction of sp³-hybridized carbons (Fsp3) is 0.348. The summed E-state index contributed by atoms with van der Waals surface area (Å²) in [6.45, 7) is 6.93. The van der Waals surface area contributed by atoms with Crippen LogP contribution in [0.4, 0.5) is 11.4 Å². The van der Waals surface area contributed by atoms with Gasteiger partial charge in [-0.15, -0.1) is 0 Å². The number of hydrogen-bond donors (Lipinski definition) is 2. The first kappa shape index (κ1) is 24.0. The van der Waals surface area contributed by atoms with E-state index >= 15 is 0 Å². The Kier molecular flexibility index (Phi) is 8.09. The molecule has 1 fully saturated rings. The third-order valence-electron chi connectivity index (χ3n) is 5.22. The fourth-order valence-electron chi connectivity index (χ4n) is 3.45. The Balaban J connectivity index is 1.52. The molecule has 0 spiro atoms. The number of carbonyl (C=O) groups is 2. The molecular formula is C23H27BrN4O3S. The maximum atomic E-state index is 12.4. The smallest absolute Gasteiger partial charge is 0.257 e. The monoisotopic (exact) mass is 518 g/mol. The summed E-state index contributed by atoms with van der Waals surface area (Å²) in [5.41, 5.74) is 2.33. The number of piperazine rings is 1. The normalized spacial score (nSPS) is 13.7. The van der Waals surface area contributed by atoms with E-state index in [-0.39, 0.29) is 22.8 Å². The number of methoxy groups -OCH3 is 1. The van der Waals surface area contributed by atoms with Gasteiger partial charge in [-0.25, -0.2) is 0 Å². The lowest BCUT2D eigenvalue weighted by molar-refractivity contribution is -0.134. The van der Waals surface area contributed by atoms with Crippen molar-refractivity contribution in [3.63, 3.8) is 0 Å². The molecule has 2 aromatic carbocycles. The van der Waals surface area contributed by atoms with E-state index < -0.39 is 0 Å². The van der Waals surface area contributed by atoms with Crippen LogP contribution in [-0.4, -0.2) is 55.1 Å². The first-order valence-corrected chi connectivity index (χ1v) is 11.6. The minimum Gasteiger partial charge on any atom is -0.496 e. The van der Waals surface area contributed by atoms with Crippen LogP contribution in [0.15, 0.2) is 46.9 Å². The van der Waals surface area contributed by atoms with Gasteiger partial charge in [-0.2, -0.15) is 0 Å². The summed E-state index contributed by atoms with van der Waals surface area (Å²) < 4.78 is 5.87. The highest BCUT2D eigenvalue weighted by atomic mass is 79.9. The molecule has 1 aliphatic rings. The number of rotatable bonds is 5. The predicted octanol–water partition coefficient (Wildman–Crippen LogP) is 3.89.